The van der Waals surface area contributed by atoms with Crippen LogP contribution in [0.4, 0.5) is 0 Å². The van der Waals surface area contributed by atoms with Gasteiger partial charge in [-0.3, -0.25) is 9.59 Å². The topological polar surface area (TPSA) is 64.6 Å². The third-order valence-corrected chi connectivity index (χ3v) is 2.41. The molecule has 0 radical (unpaired) electrons. The van der Waals surface area contributed by atoms with Crippen molar-refractivity contribution in [2.24, 2.45) is 0 Å². The van der Waals surface area contributed by atoms with E-state index in [1.54, 1.807) is 25.2 Å². The van der Waals surface area contributed by atoms with Gasteiger partial charge in [-0.05, 0) is 24.6 Å². The summed E-state index contributed by atoms with van der Waals surface area (Å²) in [5, 5.41) is 2.54. The fourth-order valence-electron chi connectivity index (χ4n) is 1.42. The summed E-state index contributed by atoms with van der Waals surface area (Å²) in [4.78, 5) is 21.6. The molecule has 1 aromatic carbocycles. The van der Waals surface area contributed by atoms with Crippen molar-refractivity contribution < 1.29 is 19.1 Å². The number of hydrogen-bond donors (Lipinski definition) is 1. The van der Waals surface area contributed by atoms with Gasteiger partial charge in [0.05, 0.1) is 13.7 Å². The SMILES string of the molecule is CNC(=O)CCCOc1ccc(C=O)cc1OC. The minimum Gasteiger partial charge on any atom is -0.493 e. The zero-order chi connectivity index (χ0) is 13.4. The minimum absolute atomic E-state index is 0.0122. The van der Waals surface area contributed by atoms with E-state index in [1.807, 2.05) is 0 Å². The summed E-state index contributed by atoms with van der Waals surface area (Å²) in [6.45, 7) is 0.421. The van der Waals surface area contributed by atoms with Crippen LogP contribution in [-0.4, -0.2) is 33.0 Å². The lowest BCUT2D eigenvalue weighted by Gasteiger charge is -2.10. The summed E-state index contributed by atoms with van der Waals surface area (Å²) in [6, 6.07) is 4.95. The number of methoxy groups -OCH3 is 1. The summed E-state index contributed by atoms with van der Waals surface area (Å²) in [5.41, 5.74) is 0.532. The van der Waals surface area contributed by atoms with Crippen molar-refractivity contribution in [3.63, 3.8) is 0 Å². The third-order valence-electron chi connectivity index (χ3n) is 2.41. The van der Waals surface area contributed by atoms with Crippen molar-refractivity contribution in [1.82, 2.24) is 5.32 Å². The molecule has 0 fully saturated rings. The number of carbonyl (C=O) groups excluding carboxylic acids is 2. The molecule has 18 heavy (non-hydrogen) atoms. The Morgan fingerprint density at radius 1 is 1.39 bits per heavy atom. The average molecular weight is 251 g/mol. The predicted octanol–water partition coefficient (Wildman–Crippen LogP) is 1.41. The maximum Gasteiger partial charge on any atom is 0.219 e. The van der Waals surface area contributed by atoms with E-state index in [1.165, 1.54) is 7.11 Å². The van der Waals surface area contributed by atoms with E-state index in [0.29, 0.717) is 36.5 Å². The average Bonchev–Trinajstić information content (AvgIpc) is 2.43. The number of benzene rings is 1. The van der Waals surface area contributed by atoms with Crippen LogP contribution in [0.25, 0.3) is 0 Å². The summed E-state index contributed by atoms with van der Waals surface area (Å²) in [7, 11) is 3.12. The van der Waals surface area contributed by atoms with Crippen molar-refractivity contribution in [2.45, 2.75) is 12.8 Å². The van der Waals surface area contributed by atoms with E-state index >= 15 is 0 Å². The second-order valence-electron chi connectivity index (χ2n) is 3.65. The van der Waals surface area contributed by atoms with E-state index in [-0.39, 0.29) is 5.91 Å². The number of carbonyl (C=O) groups is 2. The normalized spacial score (nSPS) is 9.67. The molecule has 0 bridgehead atoms. The zero-order valence-corrected chi connectivity index (χ0v) is 10.6. The van der Waals surface area contributed by atoms with Crippen molar-refractivity contribution in [1.29, 1.82) is 0 Å². The number of aldehydes is 1. The monoisotopic (exact) mass is 251 g/mol. The Morgan fingerprint density at radius 2 is 2.17 bits per heavy atom. The lowest BCUT2D eigenvalue weighted by Crippen LogP contribution is -2.18. The fraction of sp³-hybridized carbons (Fsp3) is 0.385. The van der Waals surface area contributed by atoms with Crippen LogP contribution in [0.1, 0.15) is 23.2 Å². The molecule has 0 aliphatic carbocycles. The lowest BCUT2D eigenvalue weighted by atomic mass is 10.2. The first kappa shape index (κ1) is 14.0. The van der Waals surface area contributed by atoms with Crippen LogP contribution in [0.15, 0.2) is 18.2 Å². The Labute approximate surface area is 106 Å². The molecule has 0 atom stereocenters. The van der Waals surface area contributed by atoms with Gasteiger partial charge < -0.3 is 14.8 Å². The zero-order valence-electron chi connectivity index (χ0n) is 10.6. The molecular formula is C13H17NO4. The van der Waals surface area contributed by atoms with Gasteiger partial charge >= 0.3 is 0 Å². The van der Waals surface area contributed by atoms with Gasteiger partial charge in [-0.25, -0.2) is 0 Å². The third kappa shape index (κ3) is 4.08. The number of amides is 1. The standard InChI is InChI=1S/C13H17NO4/c1-14-13(16)4-3-7-18-11-6-5-10(9-15)8-12(11)17-2/h5-6,8-9H,3-4,7H2,1-2H3,(H,14,16). The summed E-state index contributed by atoms with van der Waals surface area (Å²) < 4.78 is 10.6. The van der Waals surface area contributed by atoms with Gasteiger partial charge in [-0.1, -0.05) is 0 Å². The second kappa shape index (κ2) is 7.32. The van der Waals surface area contributed by atoms with Gasteiger partial charge in [-0.15, -0.1) is 0 Å². The van der Waals surface area contributed by atoms with E-state index in [9.17, 15) is 9.59 Å². The van der Waals surface area contributed by atoms with Gasteiger partial charge in [0, 0.05) is 19.0 Å². The summed E-state index contributed by atoms with van der Waals surface area (Å²) in [5.74, 6) is 1.07. The predicted molar refractivity (Wildman–Crippen MR) is 67.2 cm³/mol. The summed E-state index contributed by atoms with van der Waals surface area (Å²) >= 11 is 0. The highest BCUT2D eigenvalue weighted by molar-refractivity contribution is 5.76. The quantitative estimate of drug-likeness (QED) is 0.588. The molecule has 0 saturated heterocycles. The molecule has 1 N–H and O–H groups in total. The Balaban J connectivity index is 2.51. The first-order valence-electron chi connectivity index (χ1n) is 5.68. The maximum absolute atomic E-state index is 11.0. The molecule has 0 heterocycles. The molecule has 98 valence electrons. The largest absolute Gasteiger partial charge is 0.493 e. The second-order valence-corrected chi connectivity index (χ2v) is 3.65. The van der Waals surface area contributed by atoms with Gasteiger partial charge in [0.25, 0.3) is 0 Å². The summed E-state index contributed by atoms with van der Waals surface area (Å²) in [6.07, 6.45) is 1.79. The van der Waals surface area contributed by atoms with E-state index in [2.05, 4.69) is 5.32 Å². The smallest absolute Gasteiger partial charge is 0.219 e. The van der Waals surface area contributed by atoms with Crippen LogP contribution in [0.3, 0.4) is 0 Å². The van der Waals surface area contributed by atoms with Crippen molar-refractivity contribution >= 4 is 12.2 Å². The first-order chi connectivity index (χ1) is 8.71. The van der Waals surface area contributed by atoms with Crippen LogP contribution in [0, 0.1) is 0 Å². The van der Waals surface area contributed by atoms with Gasteiger partial charge in [-0.2, -0.15) is 0 Å². The number of nitrogens with one attached hydrogen (secondary N) is 1. The van der Waals surface area contributed by atoms with Crippen molar-refractivity contribution in [3.05, 3.63) is 23.8 Å². The molecule has 0 unspecified atom stereocenters. The number of ether oxygens (including phenoxy) is 2. The molecular weight excluding hydrogens is 234 g/mol. The maximum atomic E-state index is 11.0. The first-order valence-corrected chi connectivity index (χ1v) is 5.68. The van der Waals surface area contributed by atoms with Crippen LogP contribution in [-0.2, 0) is 4.79 Å². The minimum atomic E-state index is -0.0122. The molecule has 0 aliphatic rings. The van der Waals surface area contributed by atoms with Gasteiger partial charge in [0.1, 0.15) is 6.29 Å². The van der Waals surface area contributed by atoms with Crippen LogP contribution in [0.5, 0.6) is 11.5 Å². The molecule has 1 amide bonds. The molecule has 0 spiro atoms. The Morgan fingerprint density at radius 3 is 2.78 bits per heavy atom. The van der Waals surface area contributed by atoms with Crippen molar-refractivity contribution in [3.8, 4) is 11.5 Å². The van der Waals surface area contributed by atoms with E-state index in [4.69, 9.17) is 9.47 Å². The van der Waals surface area contributed by atoms with Crippen LogP contribution in [0.2, 0.25) is 0 Å². The fourth-order valence-corrected chi connectivity index (χ4v) is 1.42. The Bertz CT molecular complexity index is 417. The highest BCUT2D eigenvalue weighted by Crippen LogP contribution is 2.27. The molecule has 0 aliphatic heterocycles. The highest BCUT2D eigenvalue weighted by Gasteiger charge is 2.06. The molecule has 1 aromatic rings. The molecule has 5 heteroatoms. The number of hydrogen-bond acceptors (Lipinski definition) is 4. The van der Waals surface area contributed by atoms with Gasteiger partial charge in [0.2, 0.25) is 5.91 Å². The molecule has 0 saturated carbocycles. The van der Waals surface area contributed by atoms with Gasteiger partial charge in [0.15, 0.2) is 11.5 Å². The highest BCUT2D eigenvalue weighted by atomic mass is 16.5. The molecule has 5 nitrogen and oxygen atoms in total. The van der Waals surface area contributed by atoms with Crippen LogP contribution < -0.4 is 14.8 Å². The van der Waals surface area contributed by atoms with E-state index in [0.717, 1.165) is 6.29 Å². The van der Waals surface area contributed by atoms with Crippen molar-refractivity contribution in [2.75, 3.05) is 20.8 Å². The lowest BCUT2D eigenvalue weighted by molar-refractivity contribution is -0.120. The van der Waals surface area contributed by atoms with E-state index < -0.39 is 0 Å². The van der Waals surface area contributed by atoms with Crippen LogP contribution >= 0.6 is 0 Å². The molecule has 1 rings (SSSR count). The number of rotatable bonds is 7. The molecule has 0 aromatic heterocycles. The Hall–Kier alpha value is -2.04. The Kier molecular flexibility index (Phi) is 5.70.